The lowest BCUT2D eigenvalue weighted by Crippen LogP contribution is -2.24. The molecule has 0 aliphatic rings. The molecule has 1 amide bonds. The number of hydrazone groups is 1. The molecule has 0 radical (unpaired) electrons. The van der Waals surface area contributed by atoms with Crippen molar-refractivity contribution in [3.63, 3.8) is 0 Å². The number of nitrogens with zero attached hydrogens (tertiary/aromatic N) is 1. The van der Waals surface area contributed by atoms with Gasteiger partial charge in [0, 0.05) is 0 Å². The molecule has 0 aromatic heterocycles. The molecule has 0 saturated carbocycles. The zero-order valence-corrected chi connectivity index (χ0v) is 14.8. The van der Waals surface area contributed by atoms with Crippen LogP contribution in [0.15, 0.2) is 41.5 Å². The topological polar surface area (TPSA) is 69.2 Å². The first kappa shape index (κ1) is 18.3. The molecule has 0 saturated heterocycles. The van der Waals surface area contributed by atoms with Crippen molar-refractivity contribution in [2.75, 3.05) is 20.8 Å². The Labute approximate surface area is 147 Å². The van der Waals surface area contributed by atoms with E-state index in [-0.39, 0.29) is 12.5 Å². The number of hydrogen-bond acceptors (Lipinski definition) is 5. The maximum Gasteiger partial charge on any atom is 0.277 e. The zero-order valence-electron chi connectivity index (χ0n) is 14.8. The largest absolute Gasteiger partial charge is 0.493 e. The van der Waals surface area contributed by atoms with Gasteiger partial charge in [0.1, 0.15) is 5.75 Å². The van der Waals surface area contributed by atoms with Crippen LogP contribution in [0.2, 0.25) is 0 Å². The van der Waals surface area contributed by atoms with Gasteiger partial charge in [-0.1, -0.05) is 12.1 Å². The Kier molecular flexibility index (Phi) is 6.39. The van der Waals surface area contributed by atoms with Crippen molar-refractivity contribution < 1.29 is 19.0 Å². The molecular weight excluding hydrogens is 320 g/mol. The highest BCUT2D eigenvalue weighted by Crippen LogP contribution is 2.26. The first-order valence-corrected chi connectivity index (χ1v) is 7.78. The van der Waals surface area contributed by atoms with Crippen molar-refractivity contribution in [3.05, 3.63) is 53.1 Å². The van der Waals surface area contributed by atoms with E-state index in [1.54, 1.807) is 26.4 Å². The molecule has 0 fully saturated rings. The van der Waals surface area contributed by atoms with Crippen molar-refractivity contribution >= 4 is 12.1 Å². The number of carbonyl (C=O) groups is 1. The summed E-state index contributed by atoms with van der Waals surface area (Å²) in [4.78, 5) is 11.8. The average Bonchev–Trinajstić information content (AvgIpc) is 2.62. The van der Waals surface area contributed by atoms with Crippen LogP contribution in [0, 0.1) is 13.8 Å². The van der Waals surface area contributed by atoms with Crippen LogP contribution in [0.1, 0.15) is 16.7 Å². The molecule has 6 heteroatoms. The van der Waals surface area contributed by atoms with E-state index in [9.17, 15) is 4.79 Å². The normalized spacial score (nSPS) is 10.6. The van der Waals surface area contributed by atoms with Crippen LogP contribution < -0.4 is 19.6 Å². The van der Waals surface area contributed by atoms with Crippen LogP contribution in [-0.4, -0.2) is 32.9 Å². The van der Waals surface area contributed by atoms with Crippen LogP contribution in [-0.2, 0) is 4.79 Å². The molecule has 0 heterocycles. The Morgan fingerprint density at radius 3 is 2.56 bits per heavy atom. The summed E-state index contributed by atoms with van der Waals surface area (Å²) in [7, 11) is 3.13. The molecular formula is C19H22N2O4. The van der Waals surface area contributed by atoms with Crippen LogP contribution in [0.25, 0.3) is 0 Å². The van der Waals surface area contributed by atoms with Gasteiger partial charge in [0.2, 0.25) is 0 Å². The fraction of sp³-hybridized carbons (Fsp3) is 0.263. The molecule has 25 heavy (non-hydrogen) atoms. The van der Waals surface area contributed by atoms with Gasteiger partial charge in [-0.05, 0) is 54.8 Å². The number of aryl methyl sites for hydroxylation is 1. The highest BCUT2D eigenvalue weighted by molar-refractivity contribution is 5.83. The number of benzene rings is 2. The van der Waals surface area contributed by atoms with Crippen LogP contribution in [0.4, 0.5) is 0 Å². The summed E-state index contributed by atoms with van der Waals surface area (Å²) in [6.45, 7) is 3.85. The van der Waals surface area contributed by atoms with E-state index in [2.05, 4.69) is 10.5 Å². The van der Waals surface area contributed by atoms with E-state index in [0.717, 1.165) is 16.7 Å². The van der Waals surface area contributed by atoms with Crippen molar-refractivity contribution in [3.8, 4) is 17.2 Å². The number of hydrogen-bond donors (Lipinski definition) is 1. The quantitative estimate of drug-likeness (QED) is 0.620. The summed E-state index contributed by atoms with van der Waals surface area (Å²) in [6.07, 6.45) is 1.53. The Balaban J connectivity index is 1.89. The third kappa shape index (κ3) is 4.97. The molecule has 0 atom stereocenters. The molecule has 2 aromatic rings. The second-order valence-electron chi connectivity index (χ2n) is 5.39. The van der Waals surface area contributed by atoms with Gasteiger partial charge in [0.15, 0.2) is 18.1 Å². The van der Waals surface area contributed by atoms with Crippen LogP contribution in [0.5, 0.6) is 17.2 Å². The minimum Gasteiger partial charge on any atom is -0.493 e. The Morgan fingerprint density at radius 2 is 1.84 bits per heavy atom. The monoisotopic (exact) mass is 342 g/mol. The number of amides is 1. The molecule has 132 valence electrons. The van der Waals surface area contributed by atoms with Crippen molar-refractivity contribution in [1.29, 1.82) is 0 Å². The Hall–Kier alpha value is -3.02. The molecule has 0 bridgehead atoms. The van der Waals surface area contributed by atoms with Crippen LogP contribution in [0.3, 0.4) is 0 Å². The van der Waals surface area contributed by atoms with Gasteiger partial charge in [-0.25, -0.2) is 5.43 Å². The standard InChI is InChI=1S/C19H22N2O4/c1-13-6-5-7-16(14(13)2)25-12-19(22)21-20-11-15-8-9-17(23-3)18(10-15)24-4/h5-11H,12H2,1-4H3,(H,21,22). The fourth-order valence-electron chi connectivity index (χ4n) is 2.17. The average molecular weight is 342 g/mol. The number of ether oxygens (including phenoxy) is 3. The third-order valence-electron chi connectivity index (χ3n) is 3.72. The number of nitrogens with one attached hydrogen (secondary N) is 1. The lowest BCUT2D eigenvalue weighted by molar-refractivity contribution is -0.123. The summed E-state index contributed by atoms with van der Waals surface area (Å²) in [5, 5.41) is 3.92. The van der Waals surface area contributed by atoms with E-state index >= 15 is 0 Å². The van der Waals surface area contributed by atoms with Gasteiger partial charge >= 0.3 is 0 Å². The predicted octanol–water partition coefficient (Wildman–Crippen LogP) is 2.85. The van der Waals surface area contributed by atoms with E-state index in [1.165, 1.54) is 6.21 Å². The number of rotatable bonds is 7. The highest BCUT2D eigenvalue weighted by atomic mass is 16.5. The summed E-state index contributed by atoms with van der Waals surface area (Å²) in [6, 6.07) is 11.1. The highest BCUT2D eigenvalue weighted by Gasteiger charge is 2.06. The van der Waals surface area contributed by atoms with Gasteiger partial charge in [-0.15, -0.1) is 0 Å². The predicted molar refractivity (Wildman–Crippen MR) is 96.7 cm³/mol. The van der Waals surface area contributed by atoms with Crippen molar-refractivity contribution in [2.24, 2.45) is 5.10 Å². The third-order valence-corrected chi connectivity index (χ3v) is 3.72. The molecule has 6 nitrogen and oxygen atoms in total. The van der Waals surface area contributed by atoms with Gasteiger partial charge in [0.05, 0.1) is 20.4 Å². The Bertz CT molecular complexity index is 772. The number of methoxy groups -OCH3 is 2. The summed E-state index contributed by atoms with van der Waals surface area (Å²) >= 11 is 0. The molecule has 0 aliphatic carbocycles. The first-order chi connectivity index (χ1) is 12.0. The van der Waals surface area contributed by atoms with Gasteiger partial charge < -0.3 is 14.2 Å². The van der Waals surface area contributed by atoms with Crippen molar-refractivity contribution in [1.82, 2.24) is 5.43 Å². The summed E-state index contributed by atoms with van der Waals surface area (Å²) in [5.74, 6) is 1.58. The number of carbonyl (C=O) groups excluding carboxylic acids is 1. The SMILES string of the molecule is COc1ccc(C=NNC(=O)COc2cccc(C)c2C)cc1OC. The minimum absolute atomic E-state index is 0.104. The fourth-order valence-corrected chi connectivity index (χ4v) is 2.17. The van der Waals surface area contributed by atoms with E-state index in [1.807, 2.05) is 38.1 Å². The molecule has 0 unspecified atom stereocenters. The second kappa shape index (κ2) is 8.73. The van der Waals surface area contributed by atoms with Gasteiger partial charge in [-0.2, -0.15) is 5.10 Å². The molecule has 0 spiro atoms. The van der Waals surface area contributed by atoms with Crippen LogP contribution >= 0.6 is 0 Å². The second-order valence-corrected chi connectivity index (χ2v) is 5.39. The van der Waals surface area contributed by atoms with E-state index in [0.29, 0.717) is 17.2 Å². The molecule has 1 N–H and O–H groups in total. The lowest BCUT2D eigenvalue weighted by Gasteiger charge is -2.09. The molecule has 2 aromatic carbocycles. The Morgan fingerprint density at radius 1 is 1.08 bits per heavy atom. The van der Waals surface area contributed by atoms with Crippen molar-refractivity contribution in [2.45, 2.75) is 13.8 Å². The van der Waals surface area contributed by atoms with E-state index in [4.69, 9.17) is 14.2 Å². The van der Waals surface area contributed by atoms with Gasteiger partial charge in [-0.3, -0.25) is 4.79 Å². The summed E-state index contributed by atoms with van der Waals surface area (Å²) in [5.41, 5.74) is 5.34. The zero-order chi connectivity index (χ0) is 18.2. The maximum atomic E-state index is 11.8. The lowest BCUT2D eigenvalue weighted by atomic mass is 10.1. The minimum atomic E-state index is -0.336. The maximum absolute atomic E-state index is 11.8. The van der Waals surface area contributed by atoms with E-state index < -0.39 is 0 Å². The van der Waals surface area contributed by atoms with Gasteiger partial charge in [0.25, 0.3) is 5.91 Å². The first-order valence-electron chi connectivity index (χ1n) is 7.78. The molecule has 0 aliphatic heterocycles. The summed E-state index contributed by atoms with van der Waals surface area (Å²) < 4.78 is 15.9. The smallest absolute Gasteiger partial charge is 0.277 e. The molecule has 2 rings (SSSR count).